The van der Waals surface area contributed by atoms with Gasteiger partial charge in [-0.1, -0.05) is 51.5 Å². The van der Waals surface area contributed by atoms with Gasteiger partial charge in [-0.3, -0.25) is 0 Å². The van der Waals surface area contributed by atoms with Crippen LogP contribution in [0, 0.1) is 0 Å². The topological polar surface area (TPSA) is 34.2 Å². The summed E-state index contributed by atoms with van der Waals surface area (Å²) in [4.78, 5) is 4.19. The van der Waals surface area contributed by atoms with Gasteiger partial charge in [0.25, 0.3) is 0 Å². The molecule has 19 heavy (non-hydrogen) atoms. The fourth-order valence-electron chi connectivity index (χ4n) is 2.17. The summed E-state index contributed by atoms with van der Waals surface area (Å²) in [5, 5.41) is 3.46. The monoisotopic (exact) mass is 264 g/mol. The number of pyridine rings is 1. The van der Waals surface area contributed by atoms with Crippen molar-refractivity contribution in [2.45, 2.75) is 58.4 Å². The first-order valence-corrected chi connectivity index (χ1v) is 7.57. The fraction of sp³-hybridized carbons (Fsp3) is 0.688. The van der Waals surface area contributed by atoms with E-state index in [-0.39, 0.29) is 0 Å². The first kappa shape index (κ1) is 16.0. The van der Waals surface area contributed by atoms with Crippen LogP contribution in [0.4, 0.5) is 0 Å². The second-order valence-corrected chi connectivity index (χ2v) is 4.97. The number of hydrogen-bond acceptors (Lipinski definition) is 3. The van der Waals surface area contributed by atoms with Gasteiger partial charge >= 0.3 is 0 Å². The normalized spacial score (nSPS) is 10.6. The van der Waals surface area contributed by atoms with Gasteiger partial charge in [0.15, 0.2) is 0 Å². The highest BCUT2D eigenvalue weighted by molar-refractivity contribution is 5.24. The average molecular weight is 264 g/mol. The van der Waals surface area contributed by atoms with Gasteiger partial charge in [-0.2, -0.15) is 0 Å². The maximum absolute atomic E-state index is 5.23. The van der Waals surface area contributed by atoms with Gasteiger partial charge in [-0.25, -0.2) is 4.98 Å². The van der Waals surface area contributed by atoms with Crippen molar-refractivity contribution < 1.29 is 4.74 Å². The van der Waals surface area contributed by atoms with E-state index in [2.05, 4.69) is 23.3 Å². The van der Waals surface area contributed by atoms with E-state index in [0.29, 0.717) is 0 Å². The molecule has 3 nitrogen and oxygen atoms in total. The van der Waals surface area contributed by atoms with Crippen molar-refractivity contribution in [3.63, 3.8) is 0 Å². The number of rotatable bonds is 11. The summed E-state index contributed by atoms with van der Waals surface area (Å²) < 4.78 is 5.23. The Morgan fingerprint density at radius 2 is 1.84 bits per heavy atom. The van der Waals surface area contributed by atoms with Crippen molar-refractivity contribution in [1.82, 2.24) is 10.3 Å². The van der Waals surface area contributed by atoms with Crippen molar-refractivity contribution in [3.8, 4) is 5.88 Å². The Morgan fingerprint density at radius 3 is 2.58 bits per heavy atom. The van der Waals surface area contributed by atoms with E-state index in [9.17, 15) is 0 Å². The van der Waals surface area contributed by atoms with E-state index in [1.54, 1.807) is 13.3 Å². The summed E-state index contributed by atoms with van der Waals surface area (Å²) in [7, 11) is 1.67. The van der Waals surface area contributed by atoms with Crippen LogP contribution in [-0.4, -0.2) is 18.6 Å². The molecule has 0 aliphatic rings. The summed E-state index contributed by atoms with van der Waals surface area (Å²) >= 11 is 0. The van der Waals surface area contributed by atoms with Crippen LogP contribution in [0.2, 0.25) is 0 Å². The first-order chi connectivity index (χ1) is 9.38. The van der Waals surface area contributed by atoms with Crippen LogP contribution in [0.3, 0.4) is 0 Å². The molecule has 0 unspecified atom stereocenters. The van der Waals surface area contributed by atoms with E-state index in [4.69, 9.17) is 4.74 Å². The number of nitrogens with one attached hydrogen (secondary N) is 1. The van der Waals surface area contributed by atoms with Crippen LogP contribution in [0.1, 0.15) is 57.4 Å². The summed E-state index contributed by atoms with van der Waals surface area (Å²) in [5.41, 5.74) is 1.13. The first-order valence-electron chi connectivity index (χ1n) is 7.57. The van der Waals surface area contributed by atoms with E-state index >= 15 is 0 Å². The van der Waals surface area contributed by atoms with Crippen molar-refractivity contribution >= 4 is 0 Å². The van der Waals surface area contributed by atoms with Crippen LogP contribution >= 0.6 is 0 Å². The standard InChI is InChI=1S/C16H28N2O/c1-3-4-5-6-7-8-9-12-17-14-15-11-10-13-18-16(15)19-2/h10-11,13,17H,3-9,12,14H2,1-2H3. The highest BCUT2D eigenvalue weighted by Gasteiger charge is 2.01. The van der Waals surface area contributed by atoms with Crippen LogP contribution in [0.25, 0.3) is 0 Å². The molecule has 0 fully saturated rings. The number of hydrogen-bond donors (Lipinski definition) is 1. The highest BCUT2D eigenvalue weighted by Crippen LogP contribution is 2.13. The molecular weight excluding hydrogens is 236 g/mol. The van der Waals surface area contributed by atoms with Gasteiger partial charge < -0.3 is 10.1 Å². The molecule has 1 N–H and O–H groups in total. The zero-order valence-electron chi connectivity index (χ0n) is 12.5. The molecule has 0 bridgehead atoms. The zero-order chi connectivity index (χ0) is 13.8. The van der Waals surface area contributed by atoms with Crippen LogP contribution < -0.4 is 10.1 Å². The minimum atomic E-state index is 0.731. The number of unbranched alkanes of at least 4 members (excludes halogenated alkanes) is 6. The van der Waals surface area contributed by atoms with E-state index in [1.807, 2.05) is 6.07 Å². The molecule has 0 saturated heterocycles. The lowest BCUT2D eigenvalue weighted by Crippen LogP contribution is -2.15. The van der Waals surface area contributed by atoms with Crippen molar-refractivity contribution in [3.05, 3.63) is 23.9 Å². The fourth-order valence-corrected chi connectivity index (χ4v) is 2.17. The summed E-state index contributed by atoms with van der Waals surface area (Å²) in [6.07, 6.45) is 11.2. The minimum Gasteiger partial charge on any atom is -0.481 e. The van der Waals surface area contributed by atoms with Gasteiger partial charge in [0.1, 0.15) is 0 Å². The Kier molecular flexibility index (Phi) is 9.07. The molecule has 1 heterocycles. The lowest BCUT2D eigenvalue weighted by atomic mass is 10.1. The lowest BCUT2D eigenvalue weighted by Gasteiger charge is -2.08. The second-order valence-electron chi connectivity index (χ2n) is 4.97. The molecule has 0 amide bonds. The Bertz CT molecular complexity index is 328. The molecule has 108 valence electrons. The molecule has 0 radical (unpaired) electrons. The molecule has 0 spiro atoms. The molecule has 0 aliphatic carbocycles. The molecule has 1 rings (SSSR count). The summed E-state index contributed by atoms with van der Waals surface area (Å²) in [6.45, 7) is 4.18. The number of nitrogens with zero attached hydrogens (tertiary/aromatic N) is 1. The van der Waals surface area contributed by atoms with Gasteiger partial charge in [-0.15, -0.1) is 0 Å². The third-order valence-corrected chi connectivity index (χ3v) is 3.32. The van der Waals surface area contributed by atoms with E-state index in [0.717, 1.165) is 24.5 Å². The van der Waals surface area contributed by atoms with Gasteiger partial charge in [0.2, 0.25) is 5.88 Å². The van der Waals surface area contributed by atoms with Gasteiger partial charge in [0.05, 0.1) is 7.11 Å². The summed E-state index contributed by atoms with van der Waals surface area (Å²) in [6, 6.07) is 4.01. The molecule has 0 saturated carbocycles. The largest absolute Gasteiger partial charge is 0.481 e. The molecule has 0 atom stereocenters. The van der Waals surface area contributed by atoms with Crippen LogP contribution in [0.5, 0.6) is 5.88 Å². The molecular formula is C16H28N2O. The maximum Gasteiger partial charge on any atom is 0.217 e. The quantitative estimate of drug-likeness (QED) is 0.615. The van der Waals surface area contributed by atoms with Crippen molar-refractivity contribution in [2.24, 2.45) is 0 Å². The molecule has 3 heteroatoms. The zero-order valence-corrected chi connectivity index (χ0v) is 12.5. The third kappa shape index (κ3) is 7.16. The number of ether oxygens (including phenoxy) is 1. The number of aromatic nitrogens is 1. The van der Waals surface area contributed by atoms with E-state index in [1.165, 1.54) is 44.9 Å². The molecule has 1 aromatic rings. The Hall–Kier alpha value is -1.09. The maximum atomic E-state index is 5.23. The Balaban J connectivity index is 2.01. The van der Waals surface area contributed by atoms with Crippen LogP contribution in [-0.2, 0) is 6.54 Å². The molecule has 1 aromatic heterocycles. The van der Waals surface area contributed by atoms with Crippen LogP contribution in [0.15, 0.2) is 18.3 Å². The van der Waals surface area contributed by atoms with Crippen molar-refractivity contribution in [1.29, 1.82) is 0 Å². The smallest absolute Gasteiger partial charge is 0.217 e. The number of methoxy groups -OCH3 is 1. The average Bonchev–Trinajstić information content (AvgIpc) is 2.46. The predicted molar refractivity (Wildman–Crippen MR) is 80.5 cm³/mol. The third-order valence-electron chi connectivity index (χ3n) is 3.32. The minimum absolute atomic E-state index is 0.731. The molecule has 0 aliphatic heterocycles. The predicted octanol–water partition coefficient (Wildman–Crippen LogP) is 3.93. The Morgan fingerprint density at radius 1 is 1.11 bits per heavy atom. The Labute approximate surface area is 117 Å². The highest BCUT2D eigenvalue weighted by atomic mass is 16.5. The second kappa shape index (κ2) is 10.8. The van der Waals surface area contributed by atoms with Crippen molar-refractivity contribution in [2.75, 3.05) is 13.7 Å². The SMILES string of the molecule is CCCCCCCCCNCc1cccnc1OC. The van der Waals surface area contributed by atoms with Gasteiger partial charge in [0, 0.05) is 18.3 Å². The van der Waals surface area contributed by atoms with Gasteiger partial charge in [-0.05, 0) is 19.0 Å². The van der Waals surface area contributed by atoms with E-state index < -0.39 is 0 Å². The lowest BCUT2D eigenvalue weighted by molar-refractivity contribution is 0.390. The summed E-state index contributed by atoms with van der Waals surface area (Å²) in [5.74, 6) is 0.731. The molecule has 0 aromatic carbocycles.